The summed E-state index contributed by atoms with van der Waals surface area (Å²) in [5, 5.41) is 0. The summed E-state index contributed by atoms with van der Waals surface area (Å²) in [6.07, 6.45) is 64.2. The topological polar surface area (TPSA) is 0 Å². The van der Waals surface area contributed by atoms with Gasteiger partial charge in [-0.1, -0.05) is 455 Å². The van der Waals surface area contributed by atoms with Gasteiger partial charge in [0.05, 0.1) is 0 Å². The summed E-state index contributed by atoms with van der Waals surface area (Å²) in [6.45, 7) is 91.5. The maximum atomic E-state index is 3.51. The number of hydrogen-bond donors (Lipinski definition) is 0. The Kier molecular flexibility index (Phi) is 315. The highest BCUT2D eigenvalue weighted by Gasteiger charge is 1.77. The molecule has 0 aliphatic carbocycles. The van der Waals surface area contributed by atoms with Crippen molar-refractivity contribution in [3.8, 4) is 0 Å². The van der Waals surface area contributed by atoms with Crippen LogP contribution in [-0.2, 0) is 0 Å². The minimum absolute atomic E-state index is 1.08. The Bertz CT molecular complexity index is 978. The zero-order chi connectivity index (χ0) is 65.9. The molecule has 0 spiro atoms. The van der Waals surface area contributed by atoms with Crippen molar-refractivity contribution in [2.75, 3.05) is 23.0 Å². The SMILES string of the molecule is C=CC=C.C=CC=C.C=CC=C.C=CC=C.C=CC=C.C=CC=C.C=CC=CCC.C=CC=CCC.C=CC=CCC.C=CC=CCC.C=CCC.C=CCC.CCCCCC.CCCCCC.CCSSCC.CCSSCC. The van der Waals surface area contributed by atoms with Crippen LogP contribution in [0.25, 0.3) is 0 Å². The van der Waals surface area contributed by atoms with Gasteiger partial charge in [-0.25, -0.2) is 0 Å². The van der Waals surface area contributed by atoms with Crippen molar-refractivity contribution in [1.82, 2.24) is 0 Å². The number of rotatable bonds is 28. The zero-order valence-electron chi connectivity index (χ0n) is 56.1. The van der Waals surface area contributed by atoms with E-state index >= 15 is 0 Å². The van der Waals surface area contributed by atoms with Crippen molar-refractivity contribution in [1.29, 1.82) is 0 Å². The van der Waals surface area contributed by atoms with Crippen molar-refractivity contribution in [2.45, 2.75) is 187 Å². The first kappa shape index (κ1) is 119. The predicted molar refractivity (Wildman–Crippen MR) is 414 cm³/mol. The van der Waals surface area contributed by atoms with E-state index in [-0.39, 0.29) is 0 Å². The van der Waals surface area contributed by atoms with Crippen molar-refractivity contribution >= 4 is 43.2 Å². The quantitative estimate of drug-likeness (QED) is 0.0331. The Morgan fingerprint density at radius 1 is 0.200 bits per heavy atom. The van der Waals surface area contributed by atoms with E-state index in [0.29, 0.717) is 0 Å². The van der Waals surface area contributed by atoms with Crippen LogP contribution in [0.5, 0.6) is 0 Å². The molecule has 0 saturated heterocycles. The van der Waals surface area contributed by atoms with Gasteiger partial charge in [0.25, 0.3) is 0 Å². The molecule has 4 heteroatoms. The fourth-order valence-corrected chi connectivity index (χ4v) is 4.93. The van der Waals surface area contributed by atoms with Crippen LogP contribution < -0.4 is 0 Å². The van der Waals surface area contributed by atoms with Gasteiger partial charge < -0.3 is 0 Å². The molecule has 0 atom stereocenters. The summed E-state index contributed by atoms with van der Waals surface area (Å²) in [5.41, 5.74) is 0. The maximum Gasteiger partial charge on any atom is 0.000844 e. The van der Waals surface area contributed by atoms with Gasteiger partial charge in [0.2, 0.25) is 0 Å². The lowest BCUT2D eigenvalue weighted by Gasteiger charge is -1.86. The van der Waals surface area contributed by atoms with Crippen molar-refractivity contribution in [2.24, 2.45) is 0 Å². The third-order valence-electron chi connectivity index (χ3n) is 6.16. The lowest BCUT2D eigenvalue weighted by molar-refractivity contribution is 0.702. The summed E-state index contributed by atoms with van der Waals surface area (Å²) in [4.78, 5) is 0. The number of allylic oxidation sites excluding steroid dienone is 26. The monoisotopic (exact) mass is 1180 g/mol. The average Bonchev–Trinajstić information content (AvgIpc) is 3.51. The van der Waals surface area contributed by atoms with Crippen LogP contribution in [0.3, 0.4) is 0 Å². The summed E-state index contributed by atoms with van der Waals surface area (Å²) in [7, 11) is 7.70. The molecule has 0 aromatic carbocycles. The fraction of sp³-hybridized carbons (Fsp3) is 0.421. The second kappa shape index (κ2) is 212. The molecule has 80 heavy (non-hydrogen) atoms. The van der Waals surface area contributed by atoms with Gasteiger partial charge in [0.15, 0.2) is 0 Å². The summed E-state index contributed by atoms with van der Waals surface area (Å²) < 4.78 is 0. The first-order valence-electron chi connectivity index (χ1n) is 28.9. The van der Waals surface area contributed by atoms with E-state index in [1.54, 1.807) is 97.2 Å². The molecule has 0 fully saturated rings. The largest absolute Gasteiger partial charge is 0.103 e. The molecule has 0 saturated carbocycles. The second-order valence-electron chi connectivity index (χ2n) is 13.6. The maximum absolute atomic E-state index is 3.51. The molecule has 0 radical (unpaired) electrons. The van der Waals surface area contributed by atoms with E-state index in [2.05, 4.69) is 240 Å². The highest BCUT2D eigenvalue weighted by atomic mass is 33.1. The van der Waals surface area contributed by atoms with Crippen LogP contribution in [0.2, 0.25) is 0 Å². The van der Waals surface area contributed by atoms with Gasteiger partial charge in [0.1, 0.15) is 0 Å². The highest BCUT2D eigenvalue weighted by molar-refractivity contribution is 8.77. The molecule has 0 bridgehead atoms. The average molecular weight is 1180 g/mol. The van der Waals surface area contributed by atoms with Gasteiger partial charge in [0, 0.05) is 23.0 Å². The van der Waals surface area contributed by atoms with E-state index in [9.17, 15) is 0 Å². The minimum Gasteiger partial charge on any atom is -0.103 e. The highest BCUT2D eigenvalue weighted by Crippen LogP contribution is 2.19. The molecule has 0 amide bonds. The van der Waals surface area contributed by atoms with E-state index in [1.165, 1.54) is 74.4 Å². The second-order valence-corrected chi connectivity index (χ2v) is 19.6. The number of hydrogen-bond acceptors (Lipinski definition) is 4. The molecule has 0 nitrogen and oxygen atoms in total. The van der Waals surface area contributed by atoms with Crippen molar-refractivity contribution in [3.63, 3.8) is 0 Å². The number of unbranched alkanes of at least 4 members (excludes halogenated alkanes) is 6. The minimum atomic E-state index is 1.08. The van der Waals surface area contributed by atoms with Crippen LogP contribution >= 0.6 is 43.2 Å². The lowest BCUT2D eigenvalue weighted by Crippen LogP contribution is -1.66. The van der Waals surface area contributed by atoms with E-state index in [1.807, 2.05) is 79.6 Å². The molecule has 0 aliphatic rings. The van der Waals surface area contributed by atoms with Crippen LogP contribution in [0.4, 0.5) is 0 Å². The van der Waals surface area contributed by atoms with Gasteiger partial charge >= 0.3 is 0 Å². The van der Waals surface area contributed by atoms with Crippen LogP contribution in [0.1, 0.15) is 187 Å². The van der Waals surface area contributed by atoms with Crippen LogP contribution in [0.15, 0.2) is 276 Å². The summed E-state index contributed by atoms with van der Waals surface area (Å²) in [6, 6.07) is 0. The summed E-state index contributed by atoms with van der Waals surface area (Å²) in [5.74, 6) is 4.94. The molecule has 0 aromatic rings. The first-order chi connectivity index (χ1) is 38.6. The molecular weight excluding hydrogens is 1040 g/mol. The Balaban J connectivity index is -0.0000000391. The molecule has 0 N–H and O–H groups in total. The Labute approximate surface area is 525 Å². The fourth-order valence-electron chi connectivity index (χ4n) is 2.26. The third kappa shape index (κ3) is 508. The lowest BCUT2D eigenvalue weighted by atomic mass is 10.2. The van der Waals surface area contributed by atoms with E-state index in [4.69, 9.17) is 0 Å². The van der Waals surface area contributed by atoms with Crippen LogP contribution in [0, 0.1) is 0 Å². The van der Waals surface area contributed by atoms with E-state index < -0.39 is 0 Å². The van der Waals surface area contributed by atoms with Gasteiger partial charge in [-0.2, -0.15) is 0 Å². The molecule has 0 aliphatic heterocycles. The smallest absolute Gasteiger partial charge is 0.000844 e. The van der Waals surface area contributed by atoms with Gasteiger partial charge in [-0.05, 0) is 38.5 Å². The first-order valence-corrected chi connectivity index (χ1v) is 33.8. The van der Waals surface area contributed by atoms with E-state index in [0.717, 1.165) is 38.5 Å². The Hall–Kier alpha value is -4.32. The molecular formula is C76H140S4. The molecule has 0 heterocycles. The van der Waals surface area contributed by atoms with Crippen LogP contribution in [-0.4, -0.2) is 23.0 Å². The predicted octanol–water partition coefficient (Wildman–Crippen LogP) is 29.9. The molecule has 0 aromatic heterocycles. The third-order valence-corrected chi connectivity index (χ3v) is 11.3. The normalized spacial score (nSPS) is 7.67. The molecule has 0 rings (SSSR count). The zero-order valence-corrected chi connectivity index (χ0v) is 59.4. The molecule has 0 unspecified atom stereocenters. The van der Waals surface area contributed by atoms with Crippen molar-refractivity contribution in [3.05, 3.63) is 276 Å². The standard InChI is InChI=1S/2C6H14.4C6H10.2C4H10S2.2C4H8.6C4H6/c8*1-3-5-6-4-2;8*1-3-4-2/h2*3-6H2,1-2H3;4*3,5-6H,1,4H2,2H3;2*3-4H2,1-2H3;2*3H,1,4H2,2H3;6*3-4H,1-2H2. The van der Waals surface area contributed by atoms with Gasteiger partial charge in [-0.15, -0.1) is 13.2 Å². The Morgan fingerprint density at radius 3 is 0.362 bits per heavy atom. The van der Waals surface area contributed by atoms with Crippen molar-refractivity contribution < 1.29 is 0 Å². The van der Waals surface area contributed by atoms with Gasteiger partial charge in [-0.3, -0.25) is 0 Å². The summed E-state index contributed by atoms with van der Waals surface area (Å²) >= 11 is 0. The molecule has 468 valence electrons. The Morgan fingerprint density at radius 2 is 0.325 bits per heavy atom.